The average Bonchev–Trinajstić information content (AvgIpc) is 2.65. The van der Waals surface area contributed by atoms with Crippen molar-refractivity contribution in [2.75, 3.05) is 0 Å². The van der Waals surface area contributed by atoms with Crippen LogP contribution in [0, 0.1) is 0 Å². The van der Waals surface area contributed by atoms with Crippen molar-refractivity contribution in [3.63, 3.8) is 0 Å². The van der Waals surface area contributed by atoms with Crippen molar-refractivity contribution >= 4 is 40.3 Å². The number of ketones is 1. The Hall–Kier alpha value is -0.900. The smallest absolute Gasteiger partial charge is 0.222 e. The van der Waals surface area contributed by atoms with Crippen molar-refractivity contribution in [3.8, 4) is 0 Å². The highest BCUT2D eigenvalue weighted by molar-refractivity contribution is 7.13. The van der Waals surface area contributed by atoms with Crippen LogP contribution in [0.1, 0.15) is 15.4 Å². The zero-order valence-corrected chi connectivity index (χ0v) is 9.73. The first-order valence-electron chi connectivity index (χ1n) is 4.08. The van der Waals surface area contributed by atoms with Crippen LogP contribution < -0.4 is 0 Å². The van der Waals surface area contributed by atoms with Gasteiger partial charge in [0, 0.05) is 6.20 Å². The first-order chi connectivity index (χ1) is 7.18. The van der Waals surface area contributed by atoms with Crippen molar-refractivity contribution in [2.24, 2.45) is 0 Å². The van der Waals surface area contributed by atoms with Crippen LogP contribution >= 0.6 is 34.5 Å². The first kappa shape index (κ1) is 10.6. The molecule has 0 atom stereocenters. The predicted octanol–water partition coefficient (Wildman–Crippen LogP) is 3.68. The van der Waals surface area contributed by atoms with E-state index in [1.54, 1.807) is 23.6 Å². The van der Waals surface area contributed by atoms with Crippen molar-refractivity contribution in [1.29, 1.82) is 0 Å². The van der Waals surface area contributed by atoms with E-state index >= 15 is 0 Å². The Morgan fingerprint density at radius 2 is 2.07 bits per heavy atom. The number of pyridine rings is 1. The van der Waals surface area contributed by atoms with E-state index in [2.05, 4.69) is 4.98 Å². The summed E-state index contributed by atoms with van der Waals surface area (Å²) in [5.74, 6) is -0.174. The van der Waals surface area contributed by atoms with Crippen LogP contribution in [0.15, 0.2) is 29.8 Å². The Morgan fingerprint density at radius 1 is 1.27 bits per heavy atom. The topological polar surface area (TPSA) is 30.0 Å². The quantitative estimate of drug-likeness (QED) is 0.769. The van der Waals surface area contributed by atoms with E-state index in [1.165, 1.54) is 17.5 Å². The molecule has 2 aromatic heterocycles. The van der Waals surface area contributed by atoms with Crippen LogP contribution in [0.2, 0.25) is 10.0 Å². The second-order valence-corrected chi connectivity index (χ2v) is 4.55. The molecule has 0 aliphatic carbocycles. The molecular formula is C10H5Cl2NOS. The summed E-state index contributed by atoms with van der Waals surface area (Å²) >= 11 is 12.8. The van der Waals surface area contributed by atoms with Crippen LogP contribution in [0.25, 0.3) is 0 Å². The van der Waals surface area contributed by atoms with Crippen LogP contribution in [0.5, 0.6) is 0 Å². The van der Waals surface area contributed by atoms with Gasteiger partial charge in [-0.1, -0.05) is 23.2 Å². The normalized spacial score (nSPS) is 10.3. The molecule has 2 heterocycles. The Labute approximate surface area is 100 Å². The molecular weight excluding hydrogens is 253 g/mol. The second kappa shape index (κ2) is 4.31. The molecule has 0 unspecified atom stereocenters. The van der Waals surface area contributed by atoms with Gasteiger partial charge in [0.1, 0.15) is 5.69 Å². The molecule has 15 heavy (non-hydrogen) atoms. The summed E-state index contributed by atoms with van der Waals surface area (Å²) < 4.78 is 0. The molecule has 0 radical (unpaired) electrons. The number of thiophene rings is 1. The number of rotatable bonds is 2. The van der Waals surface area contributed by atoms with E-state index in [-0.39, 0.29) is 5.78 Å². The molecule has 2 rings (SSSR count). The van der Waals surface area contributed by atoms with E-state index in [0.29, 0.717) is 20.6 Å². The Bertz CT molecular complexity index is 492. The van der Waals surface area contributed by atoms with Gasteiger partial charge >= 0.3 is 0 Å². The van der Waals surface area contributed by atoms with Crippen LogP contribution in [0.4, 0.5) is 0 Å². The van der Waals surface area contributed by atoms with Crippen molar-refractivity contribution in [1.82, 2.24) is 4.98 Å². The molecule has 76 valence electrons. The van der Waals surface area contributed by atoms with Crippen molar-refractivity contribution in [3.05, 3.63) is 50.4 Å². The largest absolute Gasteiger partial charge is 0.286 e. The highest BCUT2D eigenvalue weighted by Crippen LogP contribution is 2.24. The number of hydrogen-bond donors (Lipinski definition) is 0. The highest BCUT2D eigenvalue weighted by Gasteiger charge is 2.15. The summed E-state index contributed by atoms with van der Waals surface area (Å²) in [5.41, 5.74) is 0.351. The Balaban J connectivity index is 2.37. The van der Waals surface area contributed by atoms with E-state index in [0.717, 1.165) is 0 Å². The first-order valence-corrected chi connectivity index (χ1v) is 5.71. The highest BCUT2D eigenvalue weighted by atomic mass is 35.5. The summed E-state index contributed by atoms with van der Waals surface area (Å²) in [6.07, 6.45) is 1.44. The van der Waals surface area contributed by atoms with Gasteiger partial charge in [0.2, 0.25) is 5.78 Å². The third-order valence-corrected chi connectivity index (χ3v) is 3.35. The maximum Gasteiger partial charge on any atom is 0.222 e. The standard InChI is InChI=1S/C10H5Cl2NOS/c11-6-1-2-8(13-5-6)9(14)10-7(12)3-4-15-10/h1-5H. The molecule has 2 aromatic rings. The zero-order chi connectivity index (χ0) is 10.8. The molecule has 5 heteroatoms. The SMILES string of the molecule is O=C(c1ccc(Cl)cn1)c1sccc1Cl. The van der Waals surface area contributed by atoms with Gasteiger partial charge in [-0.2, -0.15) is 0 Å². The van der Waals surface area contributed by atoms with Gasteiger partial charge in [0.15, 0.2) is 0 Å². The monoisotopic (exact) mass is 257 g/mol. The molecule has 0 aliphatic heterocycles. The molecule has 0 fully saturated rings. The second-order valence-electron chi connectivity index (χ2n) is 2.79. The maximum absolute atomic E-state index is 11.9. The van der Waals surface area contributed by atoms with Gasteiger partial charge in [-0.3, -0.25) is 9.78 Å². The van der Waals surface area contributed by atoms with Crippen molar-refractivity contribution in [2.45, 2.75) is 0 Å². The lowest BCUT2D eigenvalue weighted by molar-refractivity contribution is 0.103. The molecule has 0 aromatic carbocycles. The molecule has 2 nitrogen and oxygen atoms in total. The van der Waals surface area contributed by atoms with E-state index in [4.69, 9.17) is 23.2 Å². The molecule has 0 saturated carbocycles. The summed E-state index contributed by atoms with van der Waals surface area (Å²) in [6, 6.07) is 4.90. The van der Waals surface area contributed by atoms with Gasteiger partial charge in [0.25, 0.3) is 0 Å². The number of carbonyl (C=O) groups excluding carboxylic acids is 1. The lowest BCUT2D eigenvalue weighted by Gasteiger charge is -1.97. The minimum atomic E-state index is -0.174. The van der Waals surface area contributed by atoms with Gasteiger partial charge in [0.05, 0.1) is 14.9 Å². The average molecular weight is 258 g/mol. The number of halogens is 2. The Morgan fingerprint density at radius 3 is 2.60 bits per heavy atom. The van der Waals surface area contributed by atoms with Crippen LogP contribution in [0.3, 0.4) is 0 Å². The Kier molecular flexibility index (Phi) is 3.05. The fourth-order valence-electron chi connectivity index (χ4n) is 1.08. The summed E-state index contributed by atoms with van der Waals surface area (Å²) in [4.78, 5) is 16.3. The van der Waals surface area contributed by atoms with E-state index < -0.39 is 0 Å². The van der Waals surface area contributed by atoms with E-state index in [9.17, 15) is 4.79 Å². The van der Waals surface area contributed by atoms with Gasteiger partial charge in [-0.25, -0.2) is 0 Å². The number of carbonyl (C=O) groups is 1. The lowest BCUT2D eigenvalue weighted by atomic mass is 10.2. The molecule has 0 bridgehead atoms. The molecule has 0 amide bonds. The third kappa shape index (κ3) is 2.20. The molecule has 0 saturated heterocycles. The fourth-order valence-corrected chi connectivity index (χ4v) is 2.28. The van der Waals surface area contributed by atoms with Crippen LogP contribution in [-0.4, -0.2) is 10.8 Å². The zero-order valence-electron chi connectivity index (χ0n) is 7.41. The summed E-state index contributed by atoms with van der Waals surface area (Å²) in [6.45, 7) is 0. The lowest BCUT2D eigenvalue weighted by Crippen LogP contribution is -2.01. The summed E-state index contributed by atoms with van der Waals surface area (Å²) in [7, 11) is 0. The number of nitrogens with zero attached hydrogens (tertiary/aromatic N) is 1. The number of aromatic nitrogens is 1. The molecule has 0 spiro atoms. The predicted molar refractivity (Wildman–Crippen MR) is 62.0 cm³/mol. The number of hydrogen-bond acceptors (Lipinski definition) is 3. The minimum Gasteiger partial charge on any atom is -0.286 e. The van der Waals surface area contributed by atoms with Gasteiger partial charge < -0.3 is 0 Å². The van der Waals surface area contributed by atoms with E-state index in [1.807, 2.05) is 0 Å². The summed E-state index contributed by atoms with van der Waals surface area (Å²) in [5, 5.41) is 2.73. The van der Waals surface area contributed by atoms with Gasteiger partial charge in [-0.15, -0.1) is 11.3 Å². The van der Waals surface area contributed by atoms with Crippen molar-refractivity contribution < 1.29 is 4.79 Å². The van der Waals surface area contributed by atoms with Crippen LogP contribution in [-0.2, 0) is 0 Å². The third-order valence-electron chi connectivity index (χ3n) is 1.78. The minimum absolute atomic E-state index is 0.174. The molecule has 0 aliphatic rings. The fraction of sp³-hybridized carbons (Fsp3) is 0. The van der Waals surface area contributed by atoms with Gasteiger partial charge in [-0.05, 0) is 23.6 Å². The maximum atomic E-state index is 11.9. The molecule has 0 N–H and O–H groups in total.